The molecule has 88 valence electrons. The average molecular weight is 213 g/mol. The molecular formula is C12H23NO2. The zero-order valence-electron chi connectivity index (χ0n) is 10.5. The Morgan fingerprint density at radius 2 is 1.67 bits per heavy atom. The van der Waals surface area contributed by atoms with Crippen LogP contribution in [0.5, 0.6) is 0 Å². The van der Waals surface area contributed by atoms with Crippen LogP contribution < -0.4 is 5.32 Å². The predicted octanol–water partition coefficient (Wildman–Crippen LogP) is 2.15. The van der Waals surface area contributed by atoms with Gasteiger partial charge in [-0.3, -0.25) is 9.59 Å². The number of amides is 1. The lowest BCUT2D eigenvalue weighted by atomic mass is 9.88. The standard InChI is InChI=1S/C12H23NO2/c1-6-8(3)11(13-10(5)14)12(15)9(4)7-2/h8-9,11H,6-7H2,1-5H3,(H,13,14)/t8-,9?,11-/m0/s1. The largest absolute Gasteiger partial charge is 0.346 e. The lowest BCUT2D eigenvalue weighted by Gasteiger charge is -2.24. The molecule has 0 heterocycles. The number of carbonyl (C=O) groups is 2. The van der Waals surface area contributed by atoms with Crippen LogP contribution in [0.1, 0.15) is 47.5 Å². The van der Waals surface area contributed by atoms with Crippen LogP contribution in [-0.4, -0.2) is 17.7 Å². The van der Waals surface area contributed by atoms with E-state index in [1.165, 1.54) is 6.92 Å². The molecule has 0 aliphatic rings. The maximum absolute atomic E-state index is 12.0. The predicted molar refractivity (Wildman–Crippen MR) is 61.5 cm³/mol. The minimum atomic E-state index is -0.317. The quantitative estimate of drug-likeness (QED) is 0.735. The van der Waals surface area contributed by atoms with Crippen molar-refractivity contribution in [2.45, 2.75) is 53.5 Å². The van der Waals surface area contributed by atoms with E-state index in [1.54, 1.807) is 0 Å². The SMILES string of the molecule is CCC(C)C(=O)[C@@H](NC(C)=O)[C@@H](C)CC. The molecule has 0 radical (unpaired) electrons. The third kappa shape index (κ3) is 4.45. The van der Waals surface area contributed by atoms with Gasteiger partial charge in [-0.1, -0.05) is 34.1 Å². The van der Waals surface area contributed by atoms with Crippen LogP contribution in [0.2, 0.25) is 0 Å². The Morgan fingerprint density at radius 1 is 1.13 bits per heavy atom. The normalized spacial score (nSPS) is 16.6. The van der Waals surface area contributed by atoms with E-state index in [0.717, 1.165) is 12.8 Å². The smallest absolute Gasteiger partial charge is 0.217 e. The maximum atomic E-state index is 12.0. The second-order valence-corrected chi connectivity index (χ2v) is 4.28. The first kappa shape index (κ1) is 14.1. The first-order valence-corrected chi connectivity index (χ1v) is 5.74. The van der Waals surface area contributed by atoms with Gasteiger partial charge in [0.1, 0.15) is 0 Å². The van der Waals surface area contributed by atoms with Gasteiger partial charge in [0, 0.05) is 12.8 Å². The zero-order valence-corrected chi connectivity index (χ0v) is 10.5. The van der Waals surface area contributed by atoms with Crippen LogP contribution >= 0.6 is 0 Å². The van der Waals surface area contributed by atoms with Crippen molar-refractivity contribution in [3.05, 3.63) is 0 Å². The fraction of sp³-hybridized carbons (Fsp3) is 0.833. The van der Waals surface area contributed by atoms with E-state index in [9.17, 15) is 9.59 Å². The molecule has 0 fully saturated rings. The van der Waals surface area contributed by atoms with E-state index in [2.05, 4.69) is 5.32 Å². The fourth-order valence-electron chi connectivity index (χ4n) is 1.46. The summed E-state index contributed by atoms with van der Waals surface area (Å²) in [7, 11) is 0. The van der Waals surface area contributed by atoms with Crippen molar-refractivity contribution in [2.75, 3.05) is 0 Å². The number of ketones is 1. The molecule has 3 atom stereocenters. The molecule has 0 aromatic carbocycles. The van der Waals surface area contributed by atoms with Crippen LogP contribution in [0.4, 0.5) is 0 Å². The lowest BCUT2D eigenvalue weighted by molar-refractivity contribution is -0.130. The fourth-order valence-corrected chi connectivity index (χ4v) is 1.46. The van der Waals surface area contributed by atoms with E-state index in [4.69, 9.17) is 0 Å². The van der Waals surface area contributed by atoms with Crippen molar-refractivity contribution < 1.29 is 9.59 Å². The zero-order chi connectivity index (χ0) is 12.0. The van der Waals surface area contributed by atoms with E-state index in [-0.39, 0.29) is 29.6 Å². The summed E-state index contributed by atoms with van der Waals surface area (Å²) >= 11 is 0. The Bertz CT molecular complexity index is 226. The summed E-state index contributed by atoms with van der Waals surface area (Å²) in [5, 5.41) is 2.76. The van der Waals surface area contributed by atoms with Gasteiger partial charge in [0.2, 0.25) is 5.91 Å². The second kappa shape index (κ2) is 6.59. The maximum Gasteiger partial charge on any atom is 0.217 e. The minimum Gasteiger partial charge on any atom is -0.346 e. The molecule has 0 aromatic rings. The first-order chi connectivity index (χ1) is 6.93. The number of nitrogens with one attached hydrogen (secondary N) is 1. The van der Waals surface area contributed by atoms with Gasteiger partial charge in [-0.05, 0) is 12.3 Å². The third-order valence-corrected chi connectivity index (χ3v) is 2.98. The molecule has 1 amide bonds. The number of carbonyl (C=O) groups excluding carboxylic acids is 2. The molecule has 3 nitrogen and oxygen atoms in total. The average Bonchev–Trinajstić information content (AvgIpc) is 2.22. The van der Waals surface area contributed by atoms with Gasteiger partial charge in [-0.2, -0.15) is 0 Å². The number of hydrogen-bond donors (Lipinski definition) is 1. The number of rotatable bonds is 6. The first-order valence-electron chi connectivity index (χ1n) is 5.74. The molecule has 0 aromatic heterocycles. The highest BCUT2D eigenvalue weighted by Gasteiger charge is 2.27. The Kier molecular flexibility index (Phi) is 6.21. The molecule has 0 saturated heterocycles. The van der Waals surface area contributed by atoms with Gasteiger partial charge >= 0.3 is 0 Å². The van der Waals surface area contributed by atoms with E-state index in [1.807, 2.05) is 27.7 Å². The van der Waals surface area contributed by atoms with Gasteiger partial charge in [0.25, 0.3) is 0 Å². The Morgan fingerprint density at radius 3 is 2.00 bits per heavy atom. The highest BCUT2D eigenvalue weighted by Crippen LogP contribution is 2.15. The lowest BCUT2D eigenvalue weighted by Crippen LogP contribution is -2.46. The molecule has 1 unspecified atom stereocenters. The second-order valence-electron chi connectivity index (χ2n) is 4.28. The van der Waals surface area contributed by atoms with Crippen molar-refractivity contribution in [1.82, 2.24) is 5.32 Å². The number of Topliss-reactive ketones (excluding diaryl/α,β-unsaturated/α-hetero) is 1. The molecule has 3 heteroatoms. The molecule has 0 saturated carbocycles. The van der Waals surface area contributed by atoms with Crippen LogP contribution in [0.3, 0.4) is 0 Å². The van der Waals surface area contributed by atoms with Crippen LogP contribution in [0.15, 0.2) is 0 Å². The molecule has 0 aliphatic carbocycles. The third-order valence-electron chi connectivity index (χ3n) is 2.98. The van der Waals surface area contributed by atoms with Gasteiger partial charge in [0.05, 0.1) is 6.04 Å². The Labute approximate surface area is 92.6 Å². The number of hydrogen-bond acceptors (Lipinski definition) is 2. The van der Waals surface area contributed by atoms with E-state index in [0.29, 0.717) is 0 Å². The highest BCUT2D eigenvalue weighted by molar-refractivity contribution is 5.90. The molecule has 0 bridgehead atoms. The summed E-state index contributed by atoms with van der Waals surface area (Å²) in [6, 6.07) is -0.317. The van der Waals surface area contributed by atoms with Crippen molar-refractivity contribution in [3.63, 3.8) is 0 Å². The van der Waals surface area contributed by atoms with Crippen LogP contribution in [0, 0.1) is 11.8 Å². The molecule has 1 N–H and O–H groups in total. The van der Waals surface area contributed by atoms with Gasteiger partial charge in [-0.15, -0.1) is 0 Å². The Hall–Kier alpha value is -0.860. The summed E-state index contributed by atoms with van der Waals surface area (Å²) in [5.74, 6) is 0.255. The van der Waals surface area contributed by atoms with Crippen LogP contribution in [0.25, 0.3) is 0 Å². The highest BCUT2D eigenvalue weighted by atomic mass is 16.2. The molecule has 15 heavy (non-hydrogen) atoms. The van der Waals surface area contributed by atoms with Crippen molar-refractivity contribution in [3.8, 4) is 0 Å². The van der Waals surface area contributed by atoms with Gasteiger partial charge in [0.15, 0.2) is 5.78 Å². The molecule has 0 aliphatic heterocycles. The Balaban J connectivity index is 4.61. The summed E-state index contributed by atoms with van der Waals surface area (Å²) in [6.07, 6.45) is 1.72. The van der Waals surface area contributed by atoms with Gasteiger partial charge < -0.3 is 5.32 Å². The molecule has 0 spiro atoms. The van der Waals surface area contributed by atoms with Crippen molar-refractivity contribution >= 4 is 11.7 Å². The van der Waals surface area contributed by atoms with Crippen LogP contribution in [-0.2, 0) is 9.59 Å². The minimum absolute atomic E-state index is 0.0239. The topological polar surface area (TPSA) is 46.2 Å². The van der Waals surface area contributed by atoms with Crippen molar-refractivity contribution in [2.24, 2.45) is 11.8 Å². The van der Waals surface area contributed by atoms with Crippen molar-refractivity contribution in [1.29, 1.82) is 0 Å². The monoisotopic (exact) mass is 213 g/mol. The molecular weight excluding hydrogens is 190 g/mol. The summed E-state index contributed by atoms with van der Waals surface area (Å²) in [5.41, 5.74) is 0. The van der Waals surface area contributed by atoms with Gasteiger partial charge in [-0.25, -0.2) is 0 Å². The summed E-state index contributed by atoms with van der Waals surface area (Å²) in [4.78, 5) is 23.0. The van der Waals surface area contributed by atoms with E-state index < -0.39 is 0 Å². The summed E-state index contributed by atoms with van der Waals surface area (Å²) in [6.45, 7) is 9.40. The molecule has 0 rings (SSSR count). The summed E-state index contributed by atoms with van der Waals surface area (Å²) < 4.78 is 0. The van der Waals surface area contributed by atoms with E-state index >= 15 is 0 Å².